The molecule has 0 aliphatic rings. The standard InChI is InChI=1S/C11H13N3OS/c1-3-15-9-6-4-8(5-7-9)10-12-11(16)14(2)13-10/h4-7H,3H2,1-2H3,(H,12,13,16). The number of aryl methyl sites for hydroxylation is 1. The lowest BCUT2D eigenvalue weighted by molar-refractivity contribution is 0.340. The Labute approximate surface area is 98.9 Å². The van der Waals surface area contributed by atoms with Crippen molar-refractivity contribution in [3.63, 3.8) is 0 Å². The molecule has 1 aromatic heterocycles. The summed E-state index contributed by atoms with van der Waals surface area (Å²) in [6, 6.07) is 7.76. The van der Waals surface area contributed by atoms with Gasteiger partial charge in [0.15, 0.2) is 5.82 Å². The quantitative estimate of drug-likeness (QED) is 0.831. The molecule has 84 valence electrons. The highest BCUT2D eigenvalue weighted by molar-refractivity contribution is 7.71. The molecule has 0 saturated carbocycles. The smallest absolute Gasteiger partial charge is 0.216 e. The van der Waals surface area contributed by atoms with Crippen LogP contribution in [-0.4, -0.2) is 21.4 Å². The van der Waals surface area contributed by atoms with Gasteiger partial charge in [0, 0.05) is 12.6 Å². The molecule has 0 aliphatic heterocycles. The van der Waals surface area contributed by atoms with Gasteiger partial charge in [-0.3, -0.25) is 9.78 Å². The molecule has 0 fully saturated rings. The zero-order valence-electron chi connectivity index (χ0n) is 9.23. The van der Waals surface area contributed by atoms with Gasteiger partial charge in [-0.05, 0) is 43.4 Å². The van der Waals surface area contributed by atoms with Crippen LogP contribution in [0.2, 0.25) is 0 Å². The first kappa shape index (κ1) is 10.9. The molecule has 0 unspecified atom stereocenters. The zero-order chi connectivity index (χ0) is 11.5. The Morgan fingerprint density at radius 3 is 2.56 bits per heavy atom. The number of aromatic amines is 1. The molecular weight excluding hydrogens is 222 g/mol. The normalized spacial score (nSPS) is 10.4. The number of nitrogens with one attached hydrogen (secondary N) is 1. The van der Waals surface area contributed by atoms with E-state index < -0.39 is 0 Å². The fourth-order valence-corrected chi connectivity index (χ4v) is 1.54. The first-order chi connectivity index (χ1) is 7.70. The fraction of sp³-hybridized carbons (Fsp3) is 0.273. The van der Waals surface area contributed by atoms with Gasteiger partial charge in [-0.2, -0.15) is 4.98 Å². The number of ether oxygens (including phenoxy) is 1. The summed E-state index contributed by atoms with van der Waals surface area (Å²) in [6.45, 7) is 2.63. The Balaban J connectivity index is 2.31. The second-order valence-corrected chi connectivity index (χ2v) is 3.74. The van der Waals surface area contributed by atoms with Crippen LogP contribution in [0.15, 0.2) is 24.3 Å². The van der Waals surface area contributed by atoms with Crippen molar-refractivity contribution in [2.24, 2.45) is 7.05 Å². The minimum absolute atomic E-state index is 0.545. The Bertz CT molecular complexity index is 527. The lowest BCUT2D eigenvalue weighted by atomic mass is 10.2. The maximum Gasteiger partial charge on any atom is 0.216 e. The topological polar surface area (TPSA) is 42.8 Å². The van der Waals surface area contributed by atoms with E-state index in [-0.39, 0.29) is 0 Å². The minimum atomic E-state index is 0.545. The van der Waals surface area contributed by atoms with Crippen LogP contribution in [-0.2, 0) is 7.05 Å². The largest absolute Gasteiger partial charge is 0.494 e. The van der Waals surface area contributed by atoms with Crippen molar-refractivity contribution in [2.45, 2.75) is 6.92 Å². The predicted octanol–water partition coefficient (Wildman–Crippen LogP) is 2.54. The average Bonchev–Trinajstić information content (AvgIpc) is 2.61. The SMILES string of the molecule is CCOc1ccc(-c2nc(=S)n(C)[nH]2)cc1. The van der Waals surface area contributed by atoms with E-state index in [1.807, 2.05) is 38.2 Å². The molecule has 0 saturated heterocycles. The highest BCUT2D eigenvalue weighted by Gasteiger charge is 2.02. The number of hydrogen-bond donors (Lipinski definition) is 1. The molecular formula is C11H13N3OS. The van der Waals surface area contributed by atoms with Crippen LogP contribution < -0.4 is 4.74 Å². The molecule has 1 aromatic carbocycles. The summed E-state index contributed by atoms with van der Waals surface area (Å²) in [5, 5.41) is 3.07. The van der Waals surface area contributed by atoms with Gasteiger partial charge in [-0.25, -0.2) is 0 Å². The third kappa shape index (κ3) is 2.14. The van der Waals surface area contributed by atoms with Crippen LogP contribution in [0.3, 0.4) is 0 Å². The van der Waals surface area contributed by atoms with Gasteiger partial charge in [-0.15, -0.1) is 0 Å². The summed E-state index contributed by atoms with van der Waals surface area (Å²) < 4.78 is 7.62. The van der Waals surface area contributed by atoms with Crippen molar-refractivity contribution in [1.82, 2.24) is 14.8 Å². The van der Waals surface area contributed by atoms with E-state index in [1.54, 1.807) is 4.68 Å². The third-order valence-electron chi connectivity index (χ3n) is 2.21. The number of nitrogens with zero attached hydrogens (tertiary/aromatic N) is 2. The van der Waals surface area contributed by atoms with Gasteiger partial charge in [-0.1, -0.05) is 0 Å². The van der Waals surface area contributed by atoms with Gasteiger partial charge in [0.05, 0.1) is 6.61 Å². The highest BCUT2D eigenvalue weighted by atomic mass is 32.1. The molecule has 0 spiro atoms. The zero-order valence-corrected chi connectivity index (χ0v) is 10.0. The molecule has 0 bridgehead atoms. The van der Waals surface area contributed by atoms with Crippen molar-refractivity contribution in [1.29, 1.82) is 0 Å². The number of benzene rings is 1. The molecule has 5 heteroatoms. The molecule has 16 heavy (non-hydrogen) atoms. The van der Waals surface area contributed by atoms with Crippen molar-refractivity contribution in [3.8, 4) is 17.1 Å². The first-order valence-electron chi connectivity index (χ1n) is 5.07. The van der Waals surface area contributed by atoms with Gasteiger partial charge in [0.25, 0.3) is 0 Å². The monoisotopic (exact) mass is 235 g/mol. The maximum absolute atomic E-state index is 5.37. The second kappa shape index (κ2) is 4.49. The fourth-order valence-electron chi connectivity index (χ4n) is 1.41. The Hall–Kier alpha value is -1.62. The van der Waals surface area contributed by atoms with Crippen LogP contribution in [0, 0.1) is 4.77 Å². The molecule has 0 aliphatic carbocycles. The van der Waals surface area contributed by atoms with Gasteiger partial charge in [0.2, 0.25) is 4.77 Å². The van der Waals surface area contributed by atoms with E-state index in [1.165, 1.54) is 0 Å². The van der Waals surface area contributed by atoms with Crippen LogP contribution in [0.5, 0.6) is 5.75 Å². The summed E-state index contributed by atoms with van der Waals surface area (Å²) in [7, 11) is 1.84. The highest BCUT2D eigenvalue weighted by Crippen LogP contribution is 2.19. The van der Waals surface area contributed by atoms with Gasteiger partial charge in [0.1, 0.15) is 5.75 Å². The maximum atomic E-state index is 5.37. The average molecular weight is 235 g/mol. The molecule has 1 N–H and O–H groups in total. The van der Waals surface area contributed by atoms with Gasteiger partial charge < -0.3 is 4.74 Å². The molecule has 1 heterocycles. The van der Waals surface area contributed by atoms with E-state index in [4.69, 9.17) is 17.0 Å². The molecule has 0 radical (unpaired) electrons. The van der Waals surface area contributed by atoms with E-state index in [0.717, 1.165) is 17.1 Å². The lowest BCUT2D eigenvalue weighted by Gasteiger charge is -2.02. The first-order valence-corrected chi connectivity index (χ1v) is 5.48. The van der Waals surface area contributed by atoms with Crippen molar-refractivity contribution >= 4 is 12.2 Å². The van der Waals surface area contributed by atoms with Crippen LogP contribution >= 0.6 is 12.2 Å². The third-order valence-corrected chi connectivity index (χ3v) is 2.57. The lowest BCUT2D eigenvalue weighted by Crippen LogP contribution is -1.91. The molecule has 4 nitrogen and oxygen atoms in total. The number of aromatic nitrogens is 3. The second-order valence-electron chi connectivity index (χ2n) is 3.37. The van der Waals surface area contributed by atoms with Gasteiger partial charge >= 0.3 is 0 Å². The van der Waals surface area contributed by atoms with Crippen LogP contribution in [0.4, 0.5) is 0 Å². The number of rotatable bonds is 3. The minimum Gasteiger partial charge on any atom is -0.494 e. The summed E-state index contributed by atoms with van der Waals surface area (Å²) in [4.78, 5) is 4.24. The van der Waals surface area contributed by atoms with Crippen molar-refractivity contribution in [2.75, 3.05) is 6.61 Å². The number of H-pyrrole nitrogens is 1. The summed E-state index contributed by atoms with van der Waals surface area (Å²) in [6.07, 6.45) is 0. The van der Waals surface area contributed by atoms with Crippen LogP contribution in [0.25, 0.3) is 11.4 Å². The molecule has 0 atom stereocenters. The Kier molecular flexibility index (Phi) is 3.05. The van der Waals surface area contributed by atoms with Crippen LogP contribution in [0.1, 0.15) is 6.92 Å². The molecule has 0 amide bonds. The summed E-state index contributed by atoms with van der Waals surface area (Å²) >= 11 is 5.04. The summed E-state index contributed by atoms with van der Waals surface area (Å²) in [5.74, 6) is 1.64. The molecule has 2 aromatic rings. The molecule has 2 rings (SSSR count). The Morgan fingerprint density at radius 1 is 1.38 bits per heavy atom. The van der Waals surface area contributed by atoms with Crippen molar-refractivity contribution < 1.29 is 4.74 Å². The predicted molar refractivity (Wildman–Crippen MR) is 65.0 cm³/mol. The Morgan fingerprint density at radius 2 is 2.06 bits per heavy atom. The van der Waals surface area contributed by atoms with E-state index in [0.29, 0.717) is 11.4 Å². The van der Waals surface area contributed by atoms with E-state index in [9.17, 15) is 0 Å². The van der Waals surface area contributed by atoms with E-state index in [2.05, 4.69) is 10.1 Å². The van der Waals surface area contributed by atoms with E-state index >= 15 is 0 Å². The summed E-state index contributed by atoms with van der Waals surface area (Å²) in [5.41, 5.74) is 0.996. The number of hydrogen-bond acceptors (Lipinski definition) is 3. The van der Waals surface area contributed by atoms with Crippen molar-refractivity contribution in [3.05, 3.63) is 29.0 Å².